The molecular formula is C18H17Cl3N2O2. The molecule has 0 radical (unpaired) electrons. The van der Waals surface area contributed by atoms with Crippen LogP contribution in [0.2, 0.25) is 15.1 Å². The maximum Gasteiger partial charge on any atom is 0.257 e. The zero-order valence-electron chi connectivity index (χ0n) is 13.8. The Morgan fingerprint density at radius 2 is 1.72 bits per heavy atom. The van der Waals surface area contributed by atoms with E-state index < -0.39 is 5.91 Å². The van der Waals surface area contributed by atoms with Crippen LogP contribution in [-0.4, -0.2) is 11.8 Å². The lowest BCUT2D eigenvalue weighted by Gasteiger charge is -2.15. The summed E-state index contributed by atoms with van der Waals surface area (Å²) in [4.78, 5) is 24.6. The van der Waals surface area contributed by atoms with Crippen LogP contribution in [0.5, 0.6) is 0 Å². The summed E-state index contributed by atoms with van der Waals surface area (Å²) in [5.41, 5.74) is 1.84. The van der Waals surface area contributed by atoms with Crippen LogP contribution in [0.4, 0.5) is 11.4 Å². The molecule has 0 heterocycles. The van der Waals surface area contributed by atoms with E-state index in [4.69, 9.17) is 34.8 Å². The lowest BCUT2D eigenvalue weighted by Crippen LogP contribution is -2.18. The topological polar surface area (TPSA) is 58.2 Å². The zero-order valence-corrected chi connectivity index (χ0v) is 16.0. The van der Waals surface area contributed by atoms with Crippen molar-refractivity contribution in [3.8, 4) is 0 Å². The number of halogens is 3. The number of amides is 2. The number of anilines is 2. The van der Waals surface area contributed by atoms with Crippen LogP contribution in [0.25, 0.3) is 0 Å². The minimum Gasteiger partial charge on any atom is -0.324 e. The van der Waals surface area contributed by atoms with Gasteiger partial charge in [0.05, 0.1) is 16.3 Å². The first-order chi connectivity index (χ1) is 11.8. The molecule has 2 amide bonds. The molecule has 25 heavy (non-hydrogen) atoms. The molecule has 0 saturated carbocycles. The second kappa shape index (κ2) is 8.56. The van der Waals surface area contributed by atoms with E-state index in [1.54, 1.807) is 18.2 Å². The van der Waals surface area contributed by atoms with Gasteiger partial charge in [-0.2, -0.15) is 0 Å². The van der Waals surface area contributed by atoms with Crippen LogP contribution >= 0.6 is 34.8 Å². The summed E-state index contributed by atoms with van der Waals surface area (Å²) in [5, 5.41) is 6.46. The molecule has 0 unspecified atom stereocenters. The summed E-state index contributed by atoms with van der Waals surface area (Å²) in [6, 6.07) is 8.12. The van der Waals surface area contributed by atoms with Gasteiger partial charge in [-0.05, 0) is 43.2 Å². The number of carbonyl (C=O) groups is 2. The quantitative estimate of drug-likeness (QED) is 0.653. The fourth-order valence-electron chi connectivity index (χ4n) is 2.23. The number of nitrogens with one attached hydrogen (secondary N) is 2. The Bertz CT molecular complexity index is 822. The van der Waals surface area contributed by atoms with Gasteiger partial charge in [0.1, 0.15) is 0 Å². The van der Waals surface area contributed by atoms with Crippen LogP contribution in [-0.2, 0) is 4.79 Å². The van der Waals surface area contributed by atoms with Gasteiger partial charge in [0.15, 0.2) is 0 Å². The Morgan fingerprint density at radius 1 is 1.00 bits per heavy atom. The summed E-state index contributed by atoms with van der Waals surface area (Å²) >= 11 is 18.2. The van der Waals surface area contributed by atoms with Gasteiger partial charge >= 0.3 is 0 Å². The van der Waals surface area contributed by atoms with E-state index >= 15 is 0 Å². The Labute approximate surface area is 161 Å². The molecule has 2 rings (SSSR count). The molecule has 4 nitrogen and oxygen atoms in total. The highest BCUT2D eigenvalue weighted by molar-refractivity contribution is 6.38. The molecule has 0 aliphatic heterocycles. The molecule has 0 aliphatic carbocycles. The van der Waals surface area contributed by atoms with Crippen molar-refractivity contribution < 1.29 is 9.59 Å². The van der Waals surface area contributed by atoms with Crippen molar-refractivity contribution in [2.24, 2.45) is 0 Å². The van der Waals surface area contributed by atoms with Crippen molar-refractivity contribution in [3.63, 3.8) is 0 Å². The molecule has 0 saturated heterocycles. The molecule has 2 aromatic carbocycles. The minimum atomic E-state index is -0.443. The predicted molar refractivity (Wildman–Crippen MR) is 104 cm³/mol. The highest BCUT2D eigenvalue weighted by atomic mass is 35.5. The van der Waals surface area contributed by atoms with Crippen molar-refractivity contribution in [1.82, 2.24) is 0 Å². The van der Waals surface area contributed by atoms with E-state index in [0.717, 1.165) is 5.56 Å². The average Bonchev–Trinajstić information content (AvgIpc) is 2.53. The van der Waals surface area contributed by atoms with Crippen molar-refractivity contribution in [2.45, 2.75) is 26.7 Å². The zero-order chi connectivity index (χ0) is 18.6. The molecule has 132 valence electrons. The van der Waals surface area contributed by atoms with Crippen molar-refractivity contribution in [1.29, 1.82) is 0 Å². The third kappa shape index (κ3) is 5.11. The summed E-state index contributed by atoms with van der Waals surface area (Å²) in [6.45, 7) is 3.74. The van der Waals surface area contributed by atoms with Crippen LogP contribution < -0.4 is 10.6 Å². The van der Waals surface area contributed by atoms with Gasteiger partial charge < -0.3 is 10.6 Å². The van der Waals surface area contributed by atoms with Crippen LogP contribution in [0.15, 0.2) is 30.3 Å². The fourth-order valence-corrected chi connectivity index (χ4v) is 2.94. The SMILES string of the molecule is CCCC(=O)Nc1c(Cl)cc(Cl)cc1C(=O)Nc1cc(Cl)ccc1C. The van der Waals surface area contributed by atoms with Gasteiger partial charge in [-0.25, -0.2) is 0 Å². The Morgan fingerprint density at radius 3 is 2.40 bits per heavy atom. The van der Waals surface area contributed by atoms with Gasteiger partial charge in [0.25, 0.3) is 5.91 Å². The van der Waals surface area contributed by atoms with Crippen LogP contribution in [0.3, 0.4) is 0 Å². The second-order valence-electron chi connectivity index (χ2n) is 5.52. The fraction of sp³-hybridized carbons (Fsp3) is 0.222. The Hall–Kier alpha value is -1.75. The van der Waals surface area contributed by atoms with Gasteiger partial charge in [-0.3, -0.25) is 9.59 Å². The van der Waals surface area contributed by atoms with Crippen molar-refractivity contribution in [2.75, 3.05) is 10.6 Å². The first-order valence-corrected chi connectivity index (χ1v) is 8.81. The highest BCUT2D eigenvalue weighted by Crippen LogP contribution is 2.31. The molecule has 2 aromatic rings. The smallest absolute Gasteiger partial charge is 0.257 e. The molecule has 2 N–H and O–H groups in total. The maximum atomic E-state index is 12.7. The van der Waals surface area contributed by atoms with Gasteiger partial charge in [-0.1, -0.05) is 47.8 Å². The molecule has 0 aromatic heterocycles. The molecular weight excluding hydrogens is 383 g/mol. The van der Waals surface area contributed by atoms with Crippen molar-refractivity contribution >= 4 is 58.0 Å². The number of aryl methyl sites for hydroxylation is 1. The molecule has 7 heteroatoms. The van der Waals surface area contributed by atoms with Crippen LogP contribution in [0, 0.1) is 6.92 Å². The molecule has 0 fully saturated rings. The van der Waals surface area contributed by atoms with E-state index in [1.165, 1.54) is 12.1 Å². The number of benzene rings is 2. The first kappa shape index (κ1) is 19.6. The number of hydrogen-bond donors (Lipinski definition) is 2. The predicted octanol–water partition coefficient (Wildman–Crippen LogP) is 5.95. The van der Waals surface area contributed by atoms with E-state index in [0.29, 0.717) is 28.6 Å². The minimum absolute atomic E-state index is 0.182. The number of rotatable bonds is 5. The summed E-state index contributed by atoms with van der Waals surface area (Å²) < 4.78 is 0. The van der Waals surface area contributed by atoms with E-state index in [-0.39, 0.29) is 22.2 Å². The molecule has 0 bridgehead atoms. The van der Waals surface area contributed by atoms with Gasteiger partial charge in [-0.15, -0.1) is 0 Å². The van der Waals surface area contributed by atoms with E-state index in [2.05, 4.69) is 10.6 Å². The van der Waals surface area contributed by atoms with Crippen molar-refractivity contribution in [3.05, 3.63) is 56.5 Å². The summed E-state index contributed by atoms with van der Waals surface area (Å²) in [7, 11) is 0. The van der Waals surface area contributed by atoms with E-state index in [1.807, 2.05) is 13.8 Å². The third-order valence-corrected chi connectivity index (χ3v) is 4.24. The largest absolute Gasteiger partial charge is 0.324 e. The Kier molecular flexibility index (Phi) is 6.71. The summed E-state index contributed by atoms with van der Waals surface area (Å²) in [6.07, 6.45) is 1.01. The monoisotopic (exact) mass is 398 g/mol. The van der Waals surface area contributed by atoms with Gasteiger partial charge in [0.2, 0.25) is 5.91 Å². The summed E-state index contributed by atoms with van der Waals surface area (Å²) in [5.74, 6) is -0.665. The second-order valence-corrected chi connectivity index (χ2v) is 6.80. The molecule has 0 aliphatic rings. The number of carbonyl (C=O) groups excluding carboxylic acids is 2. The maximum absolute atomic E-state index is 12.7. The standard InChI is InChI=1S/C18H17Cl3N2O2/c1-3-4-16(24)23-17-13(7-12(20)8-14(17)21)18(25)22-15-9-11(19)6-5-10(15)2/h5-9H,3-4H2,1-2H3,(H,22,25)(H,23,24). The lowest BCUT2D eigenvalue weighted by atomic mass is 10.1. The van der Waals surface area contributed by atoms with E-state index in [9.17, 15) is 9.59 Å². The highest BCUT2D eigenvalue weighted by Gasteiger charge is 2.18. The third-order valence-electron chi connectivity index (χ3n) is 3.49. The Balaban J connectivity index is 2.37. The first-order valence-electron chi connectivity index (χ1n) is 7.68. The normalized spacial score (nSPS) is 10.4. The molecule has 0 spiro atoms. The average molecular weight is 400 g/mol. The van der Waals surface area contributed by atoms with Gasteiger partial charge in [0, 0.05) is 22.2 Å². The molecule has 0 atom stereocenters. The lowest BCUT2D eigenvalue weighted by molar-refractivity contribution is -0.116. The van der Waals surface area contributed by atoms with Crippen LogP contribution in [0.1, 0.15) is 35.7 Å². The number of hydrogen-bond acceptors (Lipinski definition) is 2.